The Balaban J connectivity index is 1.92. The molecule has 0 spiro atoms. The van der Waals surface area contributed by atoms with Crippen LogP contribution in [0.5, 0.6) is 0 Å². The first-order valence-electron chi connectivity index (χ1n) is 8.14. The van der Waals surface area contributed by atoms with Gasteiger partial charge in [-0.15, -0.1) is 0 Å². The molecule has 0 radical (unpaired) electrons. The summed E-state index contributed by atoms with van der Waals surface area (Å²) in [5.74, 6) is -0.0737. The number of hydrogen-bond acceptors (Lipinski definition) is 3. The van der Waals surface area contributed by atoms with Crippen molar-refractivity contribution in [1.29, 1.82) is 0 Å². The van der Waals surface area contributed by atoms with E-state index in [9.17, 15) is 9.59 Å². The molecule has 0 bridgehead atoms. The van der Waals surface area contributed by atoms with Gasteiger partial charge in [-0.2, -0.15) is 0 Å². The predicted octanol–water partition coefficient (Wildman–Crippen LogP) is 3.40. The van der Waals surface area contributed by atoms with Crippen LogP contribution in [0.2, 0.25) is 5.02 Å². The molecule has 132 valence electrons. The molecule has 1 heterocycles. The van der Waals surface area contributed by atoms with Crippen LogP contribution in [0, 0.1) is 0 Å². The van der Waals surface area contributed by atoms with Gasteiger partial charge in [0.1, 0.15) is 11.1 Å². The van der Waals surface area contributed by atoms with E-state index >= 15 is 0 Å². The van der Waals surface area contributed by atoms with Crippen LogP contribution in [0.4, 0.5) is 4.79 Å². The zero-order valence-electron chi connectivity index (χ0n) is 14.7. The Hall–Kier alpha value is -1.75. The second-order valence-electron chi connectivity index (χ2n) is 7.38. The monoisotopic (exact) mass is 352 g/mol. The molecular formula is C18H25ClN2O3. The van der Waals surface area contributed by atoms with Gasteiger partial charge in [-0.1, -0.05) is 23.7 Å². The van der Waals surface area contributed by atoms with Crippen molar-refractivity contribution in [3.8, 4) is 0 Å². The van der Waals surface area contributed by atoms with Crippen molar-refractivity contribution in [1.82, 2.24) is 10.2 Å². The summed E-state index contributed by atoms with van der Waals surface area (Å²) in [4.78, 5) is 26.4. The van der Waals surface area contributed by atoms with Crippen molar-refractivity contribution in [2.24, 2.45) is 0 Å². The van der Waals surface area contributed by atoms with Crippen molar-refractivity contribution in [3.05, 3.63) is 34.9 Å². The Kier molecular flexibility index (Phi) is 5.43. The maximum absolute atomic E-state index is 12.6. The third kappa shape index (κ3) is 4.87. The lowest BCUT2D eigenvalue weighted by molar-refractivity contribution is -0.132. The molecule has 0 saturated carbocycles. The summed E-state index contributed by atoms with van der Waals surface area (Å²) in [5.41, 5.74) is -0.408. The van der Waals surface area contributed by atoms with E-state index in [1.54, 1.807) is 32.6 Å². The third-order valence-electron chi connectivity index (χ3n) is 3.98. The van der Waals surface area contributed by atoms with Crippen LogP contribution < -0.4 is 5.32 Å². The zero-order valence-corrected chi connectivity index (χ0v) is 15.4. The van der Waals surface area contributed by atoms with Crippen LogP contribution in [0.3, 0.4) is 0 Å². The third-order valence-corrected chi connectivity index (χ3v) is 4.21. The number of ether oxygens (including phenoxy) is 1. The molecule has 1 fully saturated rings. The Bertz CT molecular complexity index is 627. The van der Waals surface area contributed by atoms with Crippen LogP contribution in [-0.4, -0.2) is 41.1 Å². The largest absolute Gasteiger partial charge is 0.444 e. The topological polar surface area (TPSA) is 58.6 Å². The number of carbonyl (C=O) groups excluding carboxylic acids is 2. The molecule has 1 aliphatic rings. The van der Waals surface area contributed by atoms with Gasteiger partial charge in [0.15, 0.2) is 0 Å². The van der Waals surface area contributed by atoms with Crippen LogP contribution in [0.1, 0.15) is 39.7 Å². The first kappa shape index (κ1) is 18.6. The van der Waals surface area contributed by atoms with Crippen LogP contribution in [0.25, 0.3) is 0 Å². The van der Waals surface area contributed by atoms with Gasteiger partial charge >= 0.3 is 6.09 Å². The van der Waals surface area contributed by atoms with Gasteiger partial charge in [0.2, 0.25) is 5.91 Å². The summed E-state index contributed by atoms with van der Waals surface area (Å²) >= 11 is 5.98. The van der Waals surface area contributed by atoms with E-state index in [2.05, 4.69) is 5.32 Å². The lowest BCUT2D eigenvalue weighted by Crippen LogP contribution is -2.53. The summed E-state index contributed by atoms with van der Waals surface area (Å²) in [6, 6.07) is 7.62. The average molecular weight is 353 g/mol. The highest BCUT2D eigenvalue weighted by Gasteiger charge is 2.44. The van der Waals surface area contributed by atoms with Crippen molar-refractivity contribution < 1.29 is 14.3 Å². The maximum atomic E-state index is 12.6. The molecule has 0 aromatic heterocycles. The number of nitrogens with one attached hydrogen (secondary N) is 1. The van der Waals surface area contributed by atoms with Gasteiger partial charge in [-0.25, -0.2) is 4.79 Å². The SMILES string of the molecule is CC(C)(C)OC(=O)NC1(C)CCN(CCc2cccc(Cl)c2)C1=O. The quantitative estimate of drug-likeness (QED) is 0.903. The van der Waals surface area contributed by atoms with Crippen molar-refractivity contribution in [2.75, 3.05) is 13.1 Å². The number of hydrogen-bond donors (Lipinski definition) is 1. The van der Waals surface area contributed by atoms with Crippen LogP contribution in [-0.2, 0) is 16.0 Å². The fourth-order valence-corrected chi connectivity index (χ4v) is 2.94. The number of carbonyl (C=O) groups is 2. The lowest BCUT2D eigenvalue weighted by Gasteiger charge is -2.27. The van der Waals surface area contributed by atoms with Gasteiger partial charge in [-0.05, 0) is 58.2 Å². The summed E-state index contributed by atoms with van der Waals surface area (Å²) in [5, 5.41) is 3.42. The molecule has 1 aliphatic heterocycles. The highest BCUT2D eigenvalue weighted by atomic mass is 35.5. The normalized spacial score (nSPS) is 21.0. The van der Waals surface area contributed by atoms with E-state index in [1.165, 1.54) is 0 Å². The number of likely N-dealkylation sites (tertiary alicyclic amines) is 1. The highest BCUT2D eigenvalue weighted by Crippen LogP contribution is 2.24. The molecule has 0 aliphatic carbocycles. The van der Waals surface area contributed by atoms with Gasteiger partial charge in [0.25, 0.3) is 0 Å². The summed E-state index contributed by atoms with van der Waals surface area (Å²) in [6.45, 7) is 8.35. The molecule has 1 aromatic rings. The van der Waals surface area contributed by atoms with Crippen molar-refractivity contribution in [3.63, 3.8) is 0 Å². The van der Waals surface area contributed by atoms with Crippen molar-refractivity contribution >= 4 is 23.6 Å². The molecule has 2 rings (SSSR count). The van der Waals surface area contributed by atoms with Crippen LogP contribution >= 0.6 is 11.6 Å². The number of benzene rings is 1. The number of nitrogens with zero attached hydrogens (tertiary/aromatic N) is 1. The Morgan fingerprint density at radius 2 is 2.12 bits per heavy atom. The highest BCUT2D eigenvalue weighted by molar-refractivity contribution is 6.30. The molecule has 1 atom stereocenters. The second-order valence-corrected chi connectivity index (χ2v) is 7.82. The Morgan fingerprint density at radius 3 is 2.75 bits per heavy atom. The Labute approximate surface area is 148 Å². The molecule has 6 heteroatoms. The van der Waals surface area contributed by atoms with E-state index in [-0.39, 0.29) is 5.91 Å². The minimum absolute atomic E-state index is 0.0737. The predicted molar refractivity (Wildman–Crippen MR) is 94.1 cm³/mol. The smallest absolute Gasteiger partial charge is 0.408 e. The molecule has 1 unspecified atom stereocenters. The molecule has 1 saturated heterocycles. The van der Waals surface area contributed by atoms with E-state index < -0.39 is 17.2 Å². The number of rotatable bonds is 4. The van der Waals surface area contributed by atoms with E-state index in [0.717, 1.165) is 12.0 Å². The van der Waals surface area contributed by atoms with E-state index in [0.29, 0.717) is 24.5 Å². The summed E-state index contributed by atoms with van der Waals surface area (Å²) in [6.07, 6.45) is 0.741. The van der Waals surface area contributed by atoms with Crippen molar-refractivity contribution in [2.45, 2.75) is 51.7 Å². The maximum Gasteiger partial charge on any atom is 0.408 e. The van der Waals surface area contributed by atoms with E-state index in [4.69, 9.17) is 16.3 Å². The number of amides is 2. The van der Waals surface area contributed by atoms with Gasteiger partial charge in [-0.3, -0.25) is 4.79 Å². The molecule has 1 N–H and O–H groups in total. The van der Waals surface area contributed by atoms with Crippen LogP contribution in [0.15, 0.2) is 24.3 Å². The first-order valence-corrected chi connectivity index (χ1v) is 8.52. The summed E-state index contributed by atoms with van der Waals surface area (Å²) in [7, 11) is 0. The van der Waals surface area contributed by atoms with Gasteiger partial charge in [0.05, 0.1) is 0 Å². The molecule has 5 nitrogen and oxygen atoms in total. The average Bonchev–Trinajstić information content (AvgIpc) is 2.70. The second kappa shape index (κ2) is 7.01. The molecule has 24 heavy (non-hydrogen) atoms. The fourth-order valence-electron chi connectivity index (χ4n) is 2.73. The van der Waals surface area contributed by atoms with E-state index in [1.807, 2.05) is 24.3 Å². The fraction of sp³-hybridized carbons (Fsp3) is 0.556. The zero-order chi connectivity index (χ0) is 18.0. The van der Waals surface area contributed by atoms with Gasteiger partial charge in [0, 0.05) is 18.1 Å². The molecular weight excluding hydrogens is 328 g/mol. The summed E-state index contributed by atoms with van der Waals surface area (Å²) < 4.78 is 5.26. The molecule has 1 aromatic carbocycles. The standard InChI is InChI=1S/C18H25ClN2O3/c1-17(2,3)24-16(23)20-18(4)9-11-21(15(18)22)10-8-13-6-5-7-14(19)12-13/h5-7,12H,8-11H2,1-4H3,(H,20,23). The molecule has 2 amide bonds. The van der Waals surface area contributed by atoms with Gasteiger partial charge < -0.3 is 15.0 Å². The minimum Gasteiger partial charge on any atom is -0.444 e. The first-order chi connectivity index (χ1) is 11.1. The minimum atomic E-state index is -0.906. The number of alkyl carbamates (subject to hydrolysis) is 1. The number of halogens is 1. The Morgan fingerprint density at radius 1 is 1.42 bits per heavy atom. The lowest BCUT2D eigenvalue weighted by atomic mass is 10.0.